The minimum atomic E-state index is -0.0594. The molecular formula is C8H11Cl2N3. The van der Waals surface area contributed by atoms with Gasteiger partial charge in [-0.3, -0.25) is 4.98 Å². The summed E-state index contributed by atoms with van der Waals surface area (Å²) in [4.78, 5) is 3.87. The highest BCUT2D eigenvalue weighted by Crippen LogP contribution is 2.08. The van der Waals surface area contributed by atoms with Gasteiger partial charge in [-0.25, -0.2) is 0 Å². The van der Waals surface area contributed by atoms with Crippen LogP contribution in [0.25, 0.3) is 0 Å². The molecule has 1 heterocycles. The Bertz CT molecular complexity index is 294. The van der Waals surface area contributed by atoms with Crippen molar-refractivity contribution in [3.05, 3.63) is 29.6 Å². The molecule has 0 aliphatic carbocycles. The summed E-state index contributed by atoms with van der Waals surface area (Å²) in [6, 6.07) is 3.69. The lowest BCUT2D eigenvalue weighted by Gasteiger charge is -2.02. The number of pyridine rings is 1. The van der Waals surface area contributed by atoms with Crippen molar-refractivity contribution in [3.63, 3.8) is 0 Å². The zero-order valence-corrected chi connectivity index (χ0v) is 8.73. The molecule has 0 amide bonds. The molecule has 0 unspecified atom stereocenters. The second-order valence-electron chi connectivity index (χ2n) is 2.41. The van der Waals surface area contributed by atoms with Crippen molar-refractivity contribution in [3.8, 4) is 6.07 Å². The Balaban J connectivity index is 0. The van der Waals surface area contributed by atoms with E-state index in [1.807, 2.05) is 13.0 Å². The number of rotatable bonds is 1. The zero-order valence-electron chi connectivity index (χ0n) is 7.10. The van der Waals surface area contributed by atoms with E-state index in [-0.39, 0.29) is 30.9 Å². The summed E-state index contributed by atoms with van der Waals surface area (Å²) in [5.41, 5.74) is 7.04. The Morgan fingerprint density at radius 3 is 2.54 bits per heavy atom. The quantitative estimate of drug-likeness (QED) is 0.784. The van der Waals surface area contributed by atoms with Crippen molar-refractivity contribution in [2.24, 2.45) is 5.73 Å². The van der Waals surface area contributed by atoms with Gasteiger partial charge in [-0.1, -0.05) is 0 Å². The van der Waals surface area contributed by atoms with Gasteiger partial charge >= 0.3 is 0 Å². The third kappa shape index (κ3) is 4.09. The Labute approximate surface area is 89.8 Å². The molecule has 0 aliphatic rings. The molecule has 13 heavy (non-hydrogen) atoms. The van der Waals surface area contributed by atoms with Crippen molar-refractivity contribution in [1.29, 1.82) is 5.26 Å². The molecule has 0 saturated carbocycles. The van der Waals surface area contributed by atoms with Crippen molar-refractivity contribution < 1.29 is 0 Å². The van der Waals surface area contributed by atoms with E-state index in [9.17, 15) is 0 Å². The standard InChI is InChI=1S/C8H9N3.2ClH/c1-6(10)8-2-7(3-9)4-11-5-8;;/h2,4-6H,10H2,1H3;2*1H/t6-;;/m1../s1. The van der Waals surface area contributed by atoms with Crippen molar-refractivity contribution >= 4 is 24.8 Å². The highest BCUT2D eigenvalue weighted by atomic mass is 35.5. The van der Waals surface area contributed by atoms with Gasteiger partial charge in [0, 0.05) is 18.4 Å². The summed E-state index contributed by atoms with van der Waals surface area (Å²) < 4.78 is 0. The first-order valence-corrected chi connectivity index (χ1v) is 3.34. The van der Waals surface area contributed by atoms with Crippen LogP contribution in [0.2, 0.25) is 0 Å². The van der Waals surface area contributed by atoms with Gasteiger partial charge < -0.3 is 5.73 Å². The van der Waals surface area contributed by atoms with E-state index in [2.05, 4.69) is 4.98 Å². The number of aromatic nitrogens is 1. The molecule has 0 radical (unpaired) electrons. The van der Waals surface area contributed by atoms with Crippen molar-refractivity contribution in [1.82, 2.24) is 4.98 Å². The van der Waals surface area contributed by atoms with E-state index in [1.165, 1.54) is 6.20 Å². The van der Waals surface area contributed by atoms with E-state index in [0.29, 0.717) is 5.56 Å². The normalized spacial score (nSPS) is 10.2. The summed E-state index contributed by atoms with van der Waals surface area (Å²) >= 11 is 0. The van der Waals surface area contributed by atoms with Crippen LogP contribution in [0.3, 0.4) is 0 Å². The van der Waals surface area contributed by atoms with Gasteiger partial charge in [0.1, 0.15) is 6.07 Å². The zero-order chi connectivity index (χ0) is 8.27. The molecule has 72 valence electrons. The largest absolute Gasteiger partial charge is 0.324 e. The predicted molar refractivity (Wildman–Crippen MR) is 56.1 cm³/mol. The lowest BCUT2D eigenvalue weighted by Crippen LogP contribution is -2.05. The van der Waals surface area contributed by atoms with E-state index in [1.54, 1.807) is 12.3 Å². The SMILES string of the molecule is C[C@@H](N)c1cncc(C#N)c1.Cl.Cl. The first kappa shape index (κ1) is 14.7. The first-order valence-electron chi connectivity index (χ1n) is 3.34. The van der Waals surface area contributed by atoms with Crippen LogP contribution in [0.1, 0.15) is 24.1 Å². The summed E-state index contributed by atoms with van der Waals surface area (Å²) in [5.74, 6) is 0. The number of nitrogens with zero attached hydrogens (tertiary/aromatic N) is 2. The topological polar surface area (TPSA) is 62.7 Å². The molecule has 0 bridgehead atoms. The second kappa shape index (κ2) is 6.67. The summed E-state index contributed by atoms with van der Waals surface area (Å²) in [6.07, 6.45) is 3.19. The van der Waals surface area contributed by atoms with Crippen LogP contribution >= 0.6 is 24.8 Å². The molecule has 1 aromatic heterocycles. The van der Waals surface area contributed by atoms with Crippen LogP contribution < -0.4 is 5.73 Å². The average molecular weight is 220 g/mol. The van der Waals surface area contributed by atoms with Crippen LogP contribution in [0.5, 0.6) is 0 Å². The average Bonchev–Trinajstić information content (AvgIpc) is 2.05. The minimum absolute atomic E-state index is 0. The van der Waals surface area contributed by atoms with Crippen molar-refractivity contribution in [2.75, 3.05) is 0 Å². The summed E-state index contributed by atoms with van der Waals surface area (Å²) in [7, 11) is 0. The molecule has 0 aromatic carbocycles. The van der Waals surface area contributed by atoms with Crippen LogP contribution in [0.15, 0.2) is 18.5 Å². The summed E-state index contributed by atoms with van der Waals surface area (Å²) in [5, 5.41) is 8.51. The fourth-order valence-electron chi connectivity index (χ4n) is 0.768. The Kier molecular flexibility index (Phi) is 7.54. The number of nitriles is 1. The third-order valence-corrected chi connectivity index (χ3v) is 1.41. The van der Waals surface area contributed by atoms with E-state index in [0.717, 1.165) is 5.56 Å². The van der Waals surface area contributed by atoms with Gasteiger partial charge in [0.25, 0.3) is 0 Å². The van der Waals surface area contributed by atoms with E-state index >= 15 is 0 Å². The molecule has 0 fully saturated rings. The van der Waals surface area contributed by atoms with E-state index < -0.39 is 0 Å². The molecule has 1 aromatic rings. The maximum Gasteiger partial charge on any atom is 0.101 e. The fourth-order valence-corrected chi connectivity index (χ4v) is 0.768. The Morgan fingerprint density at radius 1 is 1.46 bits per heavy atom. The number of nitrogens with two attached hydrogens (primary N) is 1. The first-order chi connectivity index (χ1) is 5.24. The highest BCUT2D eigenvalue weighted by molar-refractivity contribution is 5.85. The fraction of sp³-hybridized carbons (Fsp3) is 0.250. The predicted octanol–water partition coefficient (Wildman–Crippen LogP) is 1.82. The highest BCUT2D eigenvalue weighted by Gasteiger charge is 1.99. The van der Waals surface area contributed by atoms with Gasteiger partial charge in [-0.15, -0.1) is 24.8 Å². The van der Waals surface area contributed by atoms with Crippen LogP contribution in [0.4, 0.5) is 0 Å². The number of halogens is 2. The van der Waals surface area contributed by atoms with E-state index in [4.69, 9.17) is 11.0 Å². The van der Waals surface area contributed by atoms with Crippen molar-refractivity contribution in [2.45, 2.75) is 13.0 Å². The molecule has 0 aliphatic heterocycles. The molecule has 1 atom stereocenters. The van der Waals surface area contributed by atoms with Crippen LogP contribution in [0, 0.1) is 11.3 Å². The van der Waals surface area contributed by atoms with Gasteiger partial charge in [-0.2, -0.15) is 5.26 Å². The Hall–Kier alpha value is -0.820. The van der Waals surface area contributed by atoms with Gasteiger partial charge in [0.2, 0.25) is 0 Å². The molecule has 0 saturated heterocycles. The molecular weight excluding hydrogens is 209 g/mol. The van der Waals surface area contributed by atoms with Crippen LogP contribution in [-0.4, -0.2) is 4.98 Å². The number of hydrogen-bond acceptors (Lipinski definition) is 3. The maximum atomic E-state index is 8.51. The van der Waals surface area contributed by atoms with Crippen LogP contribution in [-0.2, 0) is 0 Å². The van der Waals surface area contributed by atoms with Gasteiger partial charge in [0.05, 0.1) is 5.56 Å². The van der Waals surface area contributed by atoms with Gasteiger partial charge in [0.15, 0.2) is 0 Å². The molecule has 5 heteroatoms. The monoisotopic (exact) mass is 219 g/mol. The third-order valence-electron chi connectivity index (χ3n) is 1.41. The molecule has 3 nitrogen and oxygen atoms in total. The Morgan fingerprint density at radius 2 is 2.08 bits per heavy atom. The number of hydrogen-bond donors (Lipinski definition) is 1. The second-order valence-corrected chi connectivity index (χ2v) is 2.41. The maximum absolute atomic E-state index is 8.51. The van der Waals surface area contributed by atoms with Gasteiger partial charge in [-0.05, 0) is 18.6 Å². The smallest absolute Gasteiger partial charge is 0.101 e. The minimum Gasteiger partial charge on any atom is -0.324 e. The lowest BCUT2D eigenvalue weighted by molar-refractivity contribution is 0.811. The molecule has 0 spiro atoms. The molecule has 1 rings (SSSR count). The lowest BCUT2D eigenvalue weighted by atomic mass is 10.1. The summed E-state index contributed by atoms with van der Waals surface area (Å²) in [6.45, 7) is 1.86. The molecule has 2 N–H and O–H groups in total.